The second kappa shape index (κ2) is 12.8. The Morgan fingerprint density at radius 3 is 2.46 bits per heavy atom. The van der Waals surface area contributed by atoms with Gasteiger partial charge in [-0.1, -0.05) is 18.2 Å². The van der Waals surface area contributed by atoms with Crippen LogP contribution in [0.15, 0.2) is 30.3 Å². The lowest BCUT2D eigenvalue weighted by atomic mass is 9.97. The summed E-state index contributed by atoms with van der Waals surface area (Å²) in [4.78, 5) is 41.2. The molecule has 194 valence electrons. The molecule has 0 bridgehead atoms. The number of alkyl carbamates (subject to hydrolysis) is 1. The number of carbonyl (C=O) groups excluding carboxylic acids is 3. The first kappa shape index (κ1) is 26.8. The molecule has 2 fully saturated rings. The van der Waals surface area contributed by atoms with Crippen molar-refractivity contribution < 1.29 is 19.1 Å². The van der Waals surface area contributed by atoms with Crippen molar-refractivity contribution in [2.75, 3.05) is 57.3 Å². The molecule has 2 unspecified atom stereocenters. The molecular weight excluding hydrogens is 446 g/mol. The van der Waals surface area contributed by atoms with Gasteiger partial charge in [0.2, 0.25) is 11.8 Å². The minimum atomic E-state index is -0.551. The van der Waals surface area contributed by atoms with Crippen molar-refractivity contribution in [1.82, 2.24) is 20.9 Å². The molecule has 9 heteroatoms. The van der Waals surface area contributed by atoms with Gasteiger partial charge in [-0.2, -0.15) is 0 Å². The summed E-state index contributed by atoms with van der Waals surface area (Å²) in [5.41, 5.74) is 0.685. The van der Waals surface area contributed by atoms with Gasteiger partial charge in [0, 0.05) is 45.0 Å². The average molecular weight is 488 g/mol. The Kier molecular flexibility index (Phi) is 9.77. The van der Waals surface area contributed by atoms with Gasteiger partial charge >= 0.3 is 6.09 Å². The standard InChI is InChI=1S/C26H41N5O4/c1-26(2,3)35-25(34)28-13-12-27-24(33)21-8-7-14-30(18-21)19-23(32)29-16-20-11-15-31(17-20)22-9-5-4-6-10-22/h4-6,9-10,20-21H,7-8,11-19H2,1-3H3,(H,27,33)(H,28,34)(H,29,32). The zero-order valence-corrected chi connectivity index (χ0v) is 21.3. The predicted octanol–water partition coefficient (Wildman–Crippen LogP) is 1.98. The highest BCUT2D eigenvalue weighted by Crippen LogP contribution is 2.23. The van der Waals surface area contributed by atoms with Crippen molar-refractivity contribution in [2.45, 2.75) is 45.6 Å². The van der Waals surface area contributed by atoms with E-state index in [1.165, 1.54) is 5.69 Å². The van der Waals surface area contributed by atoms with E-state index in [9.17, 15) is 14.4 Å². The number of amides is 3. The third-order valence-corrected chi connectivity index (χ3v) is 6.33. The van der Waals surface area contributed by atoms with Gasteiger partial charge in [0.15, 0.2) is 0 Å². The molecule has 2 aliphatic heterocycles. The lowest BCUT2D eigenvalue weighted by Crippen LogP contribution is -2.48. The summed E-state index contributed by atoms with van der Waals surface area (Å²) in [5.74, 6) is 0.291. The summed E-state index contributed by atoms with van der Waals surface area (Å²) >= 11 is 0. The smallest absolute Gasteiger partial charge is 0.407 e. The maximum Gasteiger partial charge on any atom is 0.407 e. The first-order valence-electron chi connectivity index (χ1n) is 12.7. The van der Waals surface area contributed by atoms with Crippen molar-refractivity contribution >= 4 is 23.6 Å². The number of ether oxygens (including phenoxy) is 1. The molecule has 0 saturated carbocycles. The molecule has 0 aromatic heterocycles. The monoisotopic (exact) mass is 487 g/mol. The minimum absolute atomic E-state index is 0.0192. The Morgan fingerprint density at radius 1 is 0.971 bits per heavy atom. The van der Waals surface area contributed by atoms with Gasteiger partial charge in [-0.05, 0) is 64.6 Å². The summed E-state index contributed by atoms with van der Waals surface area (Å²) in [7, 11) is 0. The molecule has 0 aliphatic carbocycles. The van der Waals surface area contributed by atoms with E-state index in [0.717, 1.165) is 38.9 Å². The fourth-order valence-electron chi connectivity index (χ4n) is 4.61. The van der Waals surface area contributed by atoms with E-state index < -0.39 is 11.7 Å². The van der Waals surface area contributed by atoms with Crippen molar-refractivity contribution in [3.63, 3.8) is 0 Å². The molecule has 1 aromatic rings. The molecule has 1 aromatic carbocycles. The zero-order valence-electron chi connectivity index (χ0n) is 21.3. The molecule has 2 saturated heterocycles. The number of rotatable bonds is 9. The van der Waals surface area contributed by atoms with Gasteiger partial charge < -0.3 is 25.6 Å². The Labute approximate surface area is 208 Å². The van der Waals surface area contributed by atoms with E-state index in [-0.39, 0.29) is 17.7 Å². The number of likely N-dealkylation sites (tertiary alicyclic amines) is 1. The van der Waals surface area contributed by atoms with E-state index in [1.54, 1.807) is 20.8 Å². The number of piperidine rings is 1. The second-order valence-electron chi connectivity index (χ2n) is 10.5. The first-order chi connectivity index (χ1) is 16.7. The van der Waals surface area contributed by atoms with Gasteiger partial charge in [0.25, 0.3) is 0 Å². The topological polar surface area (TPSA) is 103 Å². The van der Waals surface area contributed by atoms with Crippen molar-refractivity contribution in [2.24, 2.45) is 11.8 Å². The Balaban J connectivity index is 1.30. The van der Waals surface area contributed by atoms with Crippen LogP contribution < -0.4 is 20.9 Å². The summed E-state index contributed by atoms with van der Waals surface area (Å²) in [6.45, 7) is 10.4. The molecule has 3 amide bonds. The summed E-state index contributed by atoms with van der Waals surface area (Å²) in [6, 6.07) is 10.4. The lowest BCUT2D eigenvalue weighted by molar-refractivity contribution is -0.129. The maximum atomic E-state index is 12.6. The molecule has 3 rings (SSSR count). The molecule has 9 nitrogen and oxygen atoms in total. The molecule has 2 aliphatic rings. The van der Waals surface area contributed by atoms with Gasteiger partial charge in [-0.3, -0.25) is 14.5 Å². The van der Waals surface area contributed by atoms with Crippen LogP contribution in [0.4, 0.5) is 10.5 Å². The lowest BCUT2D eigenvalue weighted by Gasteiger charge is -2.31. The third kappa shape index (κ3) is 9.39. The molecule has 2 atom stereocenters. The highest BCUT2D eigenvalue weighted by molar-refractivity contribution is 5.80. The zero-order chi connectivity index (χ0) is 25.3. The quantitative estimate of drug-likeness (QED) is 0.461. The van der Waals surface area contributed by atoms with E-state index in [1.807, 2.05) is 6.07 Å². The Bertz CT molecular complexity index is 842. The third-order valence-electron chi connectivity index (χ3n) is 6.33. The predicted molar refractivity (Wildman–Crippen MR) is 136 cm³/mol. The SMILES string of the molecule is CC(C)(C)OC(=O)NCCNC(=O)C1CCCN(CC(=O)NCC2CCN(c3ccccc3)C2)C1. The Morgan fingerprint density at radius 2 is 1.71 bits per heavy atom. The first-order valence-corrected chi connectivity index (χ1v) is 12.7. The van der Waals surface area contributed by atoms with Crippen molar-refractivity contribution in [1.29, 1.82) is 0 Å². The minimum Gasteiger partial charge on any atom is -0.444 e. The van der Waals surface area contributed by atoms with Gasteiger partial charge in [-0.15, -0.1) is 0 Å². The fourth-order valence-corrected chi connectivity index (χ4v) is 4.61. The molecule has 0 spiro atoms. The van der Waals surface area contributed by atoms with Crippen LogP contribution in [0.5, 0.6) is 0 Å². The number of anilines is 1. The van der Waals surface area contributed by atoms with Gasteiger partial charge in [0.1, 0.15) is 5.60 Å². The number of carbonyl (C=O) groups is 3. The summed E-state index contributed by atoms with van der Waals surface area (Å²) in [6.07, 6.45) is 2.27. The van der Waals surface area contributed by atoms with E-state index in [4.69, 9.17) is 4.74 Å². The normalized spacial score (nSPS) is 20.8. The molecule has 35 heavy (non-hydrogen) atoms. The van der Waals surface area contributed by atoms with E-state index in [0.29, 0.717) is 38.6 Å². The van der Waals surface area contributed by atoms with Crippen LogP contribution in [-0.4, -0.2) is 80.8 Å². The van der Waals surface area contributed by atoms with Crippen molar-refractivity contribution in [3.8, 4) is 0 Å². The number of hydrogen-bond donors (Lipinski definition) is 3. The van der Waals surface area contributed by atoms with Crippen LogP contribution in [0.25, 0.3) is 0 Å². The van der Waals surface area contributed by atoms with Crippen LogP contribution in [0.1, 0.15) is 40.0 Å². The largest absolute Gasteiger partial charge is 0.444 e. The summed E-state index contributed by atoms with van der Waals surface area (Å²) < 4.78 is 5.18. The van der Waals surface area contributed by atoms with Crippen LogP contribution in [-0.2, 0) is 14.3 Å². The van der Waals surface area contributed by atoms with Crippen molar-refractivity contribution in [3.05, 3.63) is 30.3 Å². The maximum absolute atomic E-state index is 12.6. The highest BCUT2D eigenvalue weighted by Gasteiger charge is 2.27. The van der Waals surface area contributed by atoms with Crippen LogP contribution in [0.3, 0.4) is 0 Å². The molecule has 2 heterocycles. The Hall–Kier alpha value is -2.81. The van der Waals surface area contributed by atoms with E-state index >= 15 is 0 Å². The van der Waals surface area contributed by atoms with Gasteiger partial charge in [0.05, 0.1) is 12.5 Å². The average Bonchev–Trinajstić information content (AvgIpc) is 3.29. The van der Waals surface area contributed by atoms with E-state index in [2.05, 4.69) is 50.0 Å². The number of nitrogens with one attached hydrogen (secondary N) is 3. The number of para-hydroxylation sites is 1. The molecular formula is C26H41N5O4. The second-order valence-corrected chi connectivity index (χ2v) is 10.5. The number of hydrogen-bond acceptors (Lipinski definition) is 6. The number of benzene rings is 1. The molecule has 0 radical (unpaired) electrons. The highest BCUT2D eigenvalue weighted by atomic mass is 16.6. The van der Waals surface area contributed by atoms with Crippen LogP contribution >= 0.6 is 0 Å². The fraction of sp³-hybridized carbons (Fsp3) is 0.654. The molecule has 3 N–H and O–H groups in total. The van der Waals surface area contributed by atoms with Gasteiger partial charge in [-0.25, -0.2) is 4.79 Å². The van der Waals surface area contributed by atoms with Crippen LogP contribution in [0.2, 0.25) is 0 Å². The number of nitrogens with zero attached hydrogens (tertiary/aromatic N) is 2. The van der Waals surface area contributed by atoms with Crippen LogP contribution in [0, 0.1) is 11.8 Å². The summed E-state index contributed by atoms with van der Waals surface area (Å²) in [5, 5.41) is 8.62.